The summed E-state index contributed by atoms with van der Waals surface area (Å²) < 4.78 is 5.26. The van der Waals surface area contributed by atoms with Crippen LogP contribution >= 0.6 is 23.2 Å². The first-order valence-corrected chi connectivity index (χ1v) is 7.01. The normalized spacial score (nSPS) is 10.8. The number of nitrogens with zero attached hydrogens (tertiary/aromatic N) is 2. The van der Waals surface area contributed by atoms with Gasteiger partial charge in [-0.25, -0.2) is 0 Å². The average Bonchev–Trinajstić information content (AvgIpc) is 2.93. The summed E-state index contributed by atoms with van der Waals surface area (Å²) in [5.74, 6) is 0.884. The Bertz CT molecular complexity index is 786. The van der Waals surface area contributed by atoms with E-state index < -0.39 is 0 Å². The van der Waals surface area contributed by atoms with Crippen LogP contribution in [0.15, 0.2) is 47.0 Å². The van der Waals surface area contributed by atoms with Crippen LogP contribution in [-0.4, -0.2) is 10.1 Å². The van der Waals surface area contributed by atoms with Gasteiger partial charge in [0.25, 0.3) is 5.89 Å². The van der Waals surface area contributed by atoms with Crippen molar-refractivity contribution >= 4 is 28.9 Å². The fourth-order valence-corrected chi connectivity index (χ4v) is 2.35. The Morgan fingerprint density at radius 3 is 2.57 bits per heavy atom. The summed E-state index contributed by atoms with van der Waals surface area (Å²) in [6, 6.07) is 12.8. The number of aromatic nitrogens is 2. The molecular weight excluding hydrogens is 309 g/mol. The van der Waals surface area contributed by atoms with Crippen molar-refractivity contribution in [2.45, 2.75) is 6.42 Å². The minimum absolute atomic E-state index is 0.344. The van der Waals surface area contributed by atoms with Crippen LogP contribution in [0.2, 0.25) is 10.0 Å². The highest BCUT2D eigenvalue weighted by Crippen LogP contribution is 2.30. The van der Waals surface area contributed by atoms with Gasteiger partial charge in [-0.3, -0.25) is 0 Å². The fourth-order valence-electron chi connectivity index (χ4n) is 1.97. The Balaban J connectivity index is 1.90. The minimum Gasteiger partial charge on any atom is -0.397 e. The minimum atomic E-state index is 0.344. The summed E-state index contributed by atoms with van der Waals surface area (Å²) in [6.45, 7) is 0. The van der Waals surface area contributed by atoms with Crippen LogP contribution in [0.4, 0.5) is 5.69 Å². The molecule has 0 unspecified atom stereocenters. The second-order valence-corrected chi connectivity index (χ2v) is 5.30. The van der Waals surface area contributed by atoms with Gasteiger partial charge in [0.15, 0.2) is 5.82 Å². The van der Waals surface area contributed by atoms with E-state index in [-0.39, 0.29) is 0 Å². The molecule has 2 N–H and O–H groups in total. The van der Waals surface area contributed by atoms with Crippen LogP contribution in [0, 0.1) is 0 Å². The highest BCUT2D eigenvalue weighted by Gasteiger charge is 2.14. The lowest BCUT2D eigenvalue weighted by atomic mass is 10.1. The first-order chi connectivity index (χ1) is 10.1. The average molecular weight is 320 g/mol. The van der Waals surface area contributed by atoms with E-state index in [2.05, 4.69) is 10.1 Å². The van der Waals surface area contributed by atoms with Crippen LogP contribution in [0.1, 0.15) is 11.4 Å². The molecular formula is C15H11Cl2N3O. The Hall–Kier alpha value is -2.04. The van der Waals surface area contributed by atoms with E-state index in [0.717, 1.165) is 5.56 Å². The van der Waals surface area contributed by atoms with Gasteiger partial charge in [0.1, 0.15) is 0 Å². The van der Waals surface area contributed by atoms with Gasteiger partial charge in [0, 0.05) is 11.4 Å². The number of hydrogen-bond acceptors (Lipinski definition) is 4. The van der Waals surface area contributed by atoms with Gasteiger partial charge in [-0.2, -0.15) is 4.98 Å². The quantitative estimate of drug-likeness (QED) is 0.734. The van der Waals surface area contributed by atoms with E-state index in [4.69, 9.17) is 33.5 Å². The Morgan fingerprint density at radius 2 is 1.76 bits per heavy atom. The Kier molecular flexibility index (Phi) is 3.82. The number of anilines is 1. The maximum Gasteiger partial charge on any atom is 0.260 e. The SMILES string of the molecule is Nc1c(Cl)cccc1-c1nc(Cc2ccccc2Cl)no1. The van der Waals surface area contributed by atoms with Crippen molar-refractivity contribution in [3.8, 4) is 11.5 Å². The fraction of sp³-hybridized carbons (Fsp3) is 0.0667. The zero-order chi connectivity index (χ0) is 14.8. The molecule has 0 saturated heterocycles. The molecule has 6 heteroatoms. The molecule has 106 valence electrons. The standard InChI is InChI=1S/C15H11Cl2N3O/c16-11-6-2-1-4-9(11)8-13-19-15(21-20-13)10-5-3-7-12(17)14(10)18/h1-7H,8,18H2. The third-order valence-corrected chi connectivity index (χ3v) is 3.76. The number of hydrogen-bond donors (Lipinski definition) is 1. The third-order valence-electron chi connectivity index (χ3n) is 3.06. The van der Waals surface area contributed by atoms with E-state index in [1.54, 1.807) is 18.2 Å². The van der Waals surface area contributed by atoms with E-state index in [9.17, 15) is 0 Å². The highest BCUT2D eigenvalue weighted by atomic mass is 35.5. The summed E-state index contributed by atoms with van der Waals surface area (Å²) in [6.07, 6.45) is 0.490. The van der Waals surface area contributed by atoms with Crippen molar-refractivity contribution in [1.29, 1.82) is 0 Å². The molecule has 0 radical (unpaired) electrons. The molecule has 0 bridgehead atoms. The molecule has 2 aromatic carbocycles. The van der Waals surface area contributed by atoms with Crippen LogP contribution in [0.3, 0.4) is 0 Å². The molecule has 1 aromatic heterocycles. The van der Waals surface area contributed by atoms with Gasteiger partial charge in [-0.15, -0.1) is 0 Å². The topological polar surface area (TPSA) is 64.9 Å². The number of benzene rings is 2. The maximum absolute atomic E-state index is 6.12. The van der Waals surface area contributed by atoms with Gasteiger partial charge in [0.2, 0.25) is 0 Å². The molecule has 0 fully saturated rings. The van der Waals surface area contributed by atoms with Gasteiger partial charge >= 0.3 is 0 Å². The van der Waals surface area contributed by atoms with Crippen LogP contribution in [-0.2, 0) is 6.42 Å². The van der Waals surface area contributed by atoms with Crippen molar-refractivity contribution < 1.29 is 4.52 Å². The second-order valence-electron chi connectivity index (χ2n) is 4.49. The van der Waals surface area contributed by atoms with Crippen molar-refractivity contribution in [2.75, 3.05) is 5.73 Å². The van der Waals surface area contributed by atoms with Crippen LogP contribution < -0.4 is 5.73 Å². The molecule has 1 heterocycles. The number of nitrogens with two attached hydrogens (primary N) is 1. The van der Waals surface area contributed by atoms with Gasteiger partial charge < -0.3 is 10.3 Å². The van der Waals surface area contributed by atoms with E-state index in [0.29, 0.717) is 39.4 Å². The molecule has 0 spiro atoms. The van der Waals surface area contributed by atoms with E-state index in [1.165, 1.54) is 0 Å². The van der Waals surface area contributed by atoms with E-state index in [1.807, 2.05) is 24.3 Å². The molecule has 0 aliphatic heterocycles. The van der Waals surface area contributed by atoms with Gasteiger partial charge in [-0.05, 0) is 23.8 Å². The zero-order valence-corrected chi connectivity index (χ0v) is 12.4. The third kappa shape index (κ3) is 2.86. The van der Waals surface area contributed by atoms with Gasteiger partial charge in [-0.1, -0.05) is 52.6 Å². The summed E-state index contributed by atoms with van der Waals surface area (Å²) in [5, 5.41) is 5.09. The number of para-hydroxylation sites is 1. The maximum atomic E-state index is 6.12. The number of rotatable bonds is 3. The lowest BCUT2D eigenvalue weighted by molar-refractivity contribution is 0.424. The molecule has 0 saturated carbocycles. The van der Waals surface area contributed by atoms with Crippen molar-refractivity contribution in [3.63, 3.8) is 0 Å². The van der Waals surface area contributed by atoms with Crippen LogP contribution in [0.5, 0.6) is 0 Å². The molecule has 0 amide bonds. The molecule has 3 aromatic rings. The molecule has 4 nitrogen and oxygen atoms in total. The monoisotopic (exact) mass is 319 g/mol. The summed E-state index contributed by atoms with van der Waals surface area (Å²) >= 11 is 12.1. The molecule has 0 aliphatic carbocycles. The lowest BCUT2D eigenvalue weighted by Crippen LogP contribution is -1.93. The summed E-state index contributed by atoms with van der Waals surface area (Å²) in [7, 11) is 0. The van der Waals surface area contributed by atoms with Crippen molar-refractivity contribution in [3.05, 3.63) is 63.9 Å². The van der Waals surface area contributed by atoms with Gasteiger partial charge in [0.05, 0.1) is 16.3 Å². The first-order valence-electron chi connectivity index (χ1n) is 6.25. The summed E-state index contributed by atoms with van der Waals surface area (Å²) in [5.41, 5.74) is 7.90. The lowest BCUT2D eigenvalue weighted by Gasteiger charge is -2.01. The Labute approximate surface area is 131 Å². The van der Waals surface area contributed by atoms with Crippen LogP contribution in [0.25, 0.3) is 11.5 Å². The smallest absolute Gasteiger partial charge is 0.260 e. The predicted octanol–water partition coefficient (Wildman–Crippen LogP) is 4.22. The summed E-state index contributed by atoms with van der Waals surface area (Å²) in [4.78, 5) is 4.34. The molecule has 21 heavy (non-hydrogen) atoms. The largest absolute Gasteiger partial charge is 0.397 e. The first kappa shape index (κ1) is 13.9. The van der Waals surface area contributed by atoms with Crippen molar-refractivity contribution in [2.24, 2.45) is 0 Å². The Morgan fingerprint density at radius 1 is 1.00 bits per heavy atom. The molecule has 0 aliphatic rings. The predicted molar refractivity (Wildman–Crippen MR) is 83.4 cm³/mol. The second kappa shape index (κ2) is 5.76. The molecule has 0 atom stereocenters. The zero-order valence-electron chi connectivity index (χ0n) is 10.9. The highest BCUT2D eigenvalue weighted by molar-refractivity contribution is 6.33. The number of nitrogen functional groups attached to an aromatic ring is 1. The number of halogens is 2. The van der Waals surface area contributed by atoms with Crippen molar-refractivity contribution in [1.82, 2.24) is 10.1 Å². The van der Waals surface area contributed by atoms with E-state index >= 15 is 0 Å². The molecule has 3 rings (SSSR count).